The van der Waals surface area contributed by atoms with Crippen molar-refractivity contribution in [3.05, 3.63) is 29.3 Å². The molecule has 2 heteroatoms. The molecule has 1 aliphatic carbocycles. The van der Waals surface area contributed by atoms with Crippen LogP contribution in [0.1, 0.15) is 24.0 Å². The monoisotopic (exact) mass is 187 g/mol. The van der Waals surface area contributed by atoms with Crippen LogP contribution in [0.3, 0.4) is 0 Å². The van der Waals surface area contributed by atoms with Crippen LogP contribution in [-0.4, -0.2) is 5.91 Å². The summed E-state index contributed by atoms with van der Waals surface area (Å²) in [4.78, 5) is 11.7. The maximum Gasteiger partial charge on any atom is 0.230 e. The molecule has 0 radical (unpaired) electrons. The van der Waals surface area contributed by atoms with Crippen LogP contribution in [-0.2, 0) is 11.2 Å². The highest BCUT2D eigenvalue weighted by molar-refractivity contribution is 6.00. The summed E-state index contributed by atoms with van der Waals surface area (Å²) >= 11 is 0. The van der Waals surface area contributed by atoms with Crippen molar-refractivity contribution in [2.45, 2.75) is 26.2 Å². The third-order valence-corrected chi connectivity index (χ3v) is 3.37. The number of aryl methyl sites for hydroxylation is 1. The molecule has 0 saturated heterocycles. The second-order valence-electron chi connectivity index (χ2n) is 4.57. The minimum absolute atomic E-state index is 0.0270. The number of carbonyl (C=O) groups excluding carboxylic acids is 1. The van der Waals surface area contributed by atoms with Gasteiger partial charge in [0.05, 0.1) is 5.41 Å². The number of amides is 1. The zero-order valence-corrected chi connectivity index (χ0v) is 8.26. The summed E-state index contributed by atoms with van der Waals surface area (Å²) < 4.78 is 0. The van der Waals surface area contributed by atoms with Gasteiger partial charge in [0.15, 0.2) is 0 Å². The van der Waals surface area contributed by atoms with Gasteiger partial charge >= 0.3 is 0 Å². The van der Waals surface area contributed by atoms with Crippen LogP contribution < -0.4 is 5.32 Å². The standard InChI is InChI=1S/C12H13NO/c1-8-2-3-10-9(6-8)7-12(4-5-12)11(14)13-10/h2-3,6H,4-5,7H2,1H3,(H,13,14). The van der Waals surface area contributed by atoms with Crippen molar-refractivity contribution in [2.75, 3.05) is 5.32 Å². The van der Waals surface area contributed by atoms with Crippen LogP contribution in [0.25, 0.3) is 0 Å². The molecular formula is C12H13NO. The van der Waals surface area contributed by atoms with Crippen molar-refractivity contribution in [3.8, 4) is 0 Å². The van der Waals surface area contributed by atoms with Gasteiger partial charge in [0.1, 0.15) is 0 Å². The molecule has 0 unspecified atom stereocenters. The van der Waals surface area contributed by atoms with Crippen molar-refractivity contribution in [1.29, 1.82) is 0 Å². The maximum absolute atomic E-state index is 11.7. The Labute approximate surface area is 83.3 Å². The number of hydrogen-bond donors (Lipinski definition) is 1. The number of fused-ring (bicyclic) bond motifs is 1. The third kappa shape index (κ3) is 0.999. The number of benzene rings is 1. The summed E-state index contributed by atoms with van der Waals surface area (Å²) in [5.41, 5.74) is 3.57. The van der Waals surface area contributed by atoms with Crippen LogP contribution in [0, 0.1) is 12.3 Å². The zero-order chi connectivity index (χ0) is 9.76. The predicted molar refractivity (Wildman–Crippen MR) is 55.2 cm³/mol. The Hall–Kier alpha value is -1.31. The molecule has 3 rings (SSSR count). The fourth-order valence-corrected chi connectivity index (χ4v) is 2.25. The van der Waals surface area contributed by atoms with Crippen molar-refractivity contribution < 1.29 is 4.79 Å². The summed E-state index contributed by atoms with van der Waals surface area (Å²) in [7, 11) is 0. The normalized spacial score (nSPS) is 21.6. The quantitative estimate of drug-likeness (QED) is 0.663. The van der Waals surface area contributed by atoms with E-state index >= 15 is 0 Å². The number of hydrogen-bond acceptors (Lipinski definition) is 1. The van der Waals surface area contributed by atoms with E-state index in [-0.39, 0.29) is 11.3 Å². The number of carbonyl (C=O) groups is 1. The fourth-order valence-electron chi connectivity index (χ4n) is 2.25. The highest BCUT2D eigenvalue weighted by Crippen LogP contribution is 2.52. The second kappa shape index (κ2) is 2.38. The van der Waals surface area contributed by atoms with Gasteiger partial charge in [-0.05, 0) is 37.8 Å². The Bertz CT molecular complexity index is 418. The highest BCUT2D eigenvalue weighted by Gasteiger charge is 2.51. The van der Waals surface area contributed by atoms with E-state index in [4.69, 9.17) is 0 Å². The minimum atomic E-state index is -0.0270. The molecule has 1 amide bonds. The van der Waals surface area contributed by atoms with E-state index in [0.717, 1.165) is 24.9 Å². The van der Waals surface area contributed by atoms with E-state index in [1.165, 1.54) is 11.1 Å². The molecule has 1 fully saturated rings. The molecule has 1 aromatic carbocycles. The Morgan fingerprint density at radius 3 is 2.86 bits per heavy atom. The van der Waals surface area contributed by atoms with Gasteiger partial charge in [-0.15, -0.1) is 0 Å². The van der Waals surface area contributed by atoms with Crippen molar-refractivity contribution in [1.82, 2.24) is 0 Å². The van der Waals surface area contributed by atoms with Crippen LogP contribution in [0.15, 0.2) is 18.2 Å². The highest BCUT2D eigenvalue weighted by atomic mass is 16.2. The molecule has 1 spiro atoms. The first kappa shape index (κ1) is 8.04. The molecule has 1 aliphatic heterocycles. The largest absolute Gasteiger partial charge is 0.325 e. The lowest BCUT2D eigenvalue weighted by atomic mass is 9.90. The molecule has 2 nitrogen and oxygen atoms in total. The second-order valence-corrected chi connectivity index (χ2v) is 4.57. The molecule has 0 bridgehead atoms. The molecule has 0 atom stereocenters. The van der Waals surface area contributed by atoms with Crippen LogP contribution in [0.4, 0.5) is 5.69 Å². The summed E-state index contributed by atoms with van der Waals surface area (Å²) in [5, 5.41) is 3.00. The fraction of sp³-hybridized carbons (Fsp3) is 0.417. The summed E-state index contributed by atoms with van der Waals surface area (Å²) in [6.07, 6.45) is 3.06. The lowest BCUT2D eigenvalue weighted by molar-refractivity contribution is -0.121. The zero-order valence-electron chi connectivity index (χ0n) is 8.26. The predicted octanol–water partition coefficient (Wildman–Crippen LogP) is 2.27. The van der Waals surface area contributed by atoms with Crippen LogP contribution in [0.2, 0.25) is 0 Å². The molecule has 1 heterocycles. The molecule has 14 heavy (non-hydrogen) atoms. The van der Waals surface area contributed by atoms with E-state index < -0.39 is 0 Å². The van der Waals surface area contributed by atoms with E-state index in [2.05, 4.69) is 18.3 Å². The topological polar surface area (TPSA) is 29.1 Å². The molecule has 1 aromatic rings. The first-order valence-corrected chi connectivity index (χ1v) is 5.11. The Balaban J connectivity index is 2.07. The lowest BCUT2D eigenvalue weighted by Gasteiger charge is -2.24. The summed E-state index contributed by atoms with van der Waals surface area (Å²) in [6.45, 7) is 2.09. The Kier molecular flexibility index (Phi) is 1.37. The van der Waals surface area contributed by atoms with Gasteiger partial charge in [-0.2, -0.15) is 0 Å². The SMILES string of the molecule is Cc1ccc2c(c1)CC1(CC1)C(=O)N2. The summed E-state index contributed by atoms with van der Waals surface area (Å²) in [5.74, 6) is 0.230. The van der Waals surface area contributed by atoms with Crippen molar-refractivity contribution in [3.63, 3.8) is 0 Å². The van der Waals surface area contributed by atoms with Crippen molar-refractivity contribution in [2.24, 2.45) is 5.41 Å². The molecule has 1 saturated carbocycles. The molecule has 2 aliphatic rings. The average molecular weight is 187 g/mol. The van der Waals surface area contributed by atoms with Gasteiger partial charge in [0.25, 0.3) is 0 Å². The molecule has 72 valence electrons. The molecular weight excluding hydrogens is 174 g/mol. The number of anilines is 1. The van der Waals surface area contributed by atoms with E-state index in [9.17, 15) is 4.79 Å². The average Bonchev–Trinajstić information content (AvgIpc) is 2.89. The lowest BCUT2D eigenvalue weighted by Crippen LogP contribution is -2.31. The van der Waals surface area contributed by atoms with Gasteiger partial charge in [-0.3, -0.25) is 4.79 Å². The summed E-state index contributed by atoms with van der Waals surface area (Å²) in [6, 6.07) is 6.25. The van der Waals surface area contributed by atoms with E-state index in [1.807, 2.05) is 12.1 Å². The number of nitrogens with one attached hydrogen (secondary N) is 1. The van der Waals surface area contributed by atoms with Gasteiger partial charge in [-0.25, -0.2) is 0 Å². The third-order valence-electron chi connectivity index (χ3n) is 3.37. The van der Waals surface area contributed by atoms with Crippen molar-refractivity contribution >= 4 is 11.6 Å². The Morgan fingerprint density at radius 1 is 1.36 bits per heavy atom. The molecule has 0 aromatic heterocycles. The minimum Gasteiger partial charge on any atom is -0.325 e. The van der Waals surface area contributed by atoms with E-state index in [0.29, 0.717) is 0 Å². The smallest absolute Gasteiger partial charge is 0.230 e. The van der Waals surface area contributed by atoms with Gasteiger partial charge < -0.3 is 5.32 Å². The maximum atomic E-state index is 11.7. The van der Waals surface area contributed by atoms with Crippen LogP contribution >= 0.6 is 0 Å². The van der Waals surface area contributed by atoms with Crippen LogP contribution in [0.5, 0.6) is 0 Å². The molecule has 1 N–H and O–H groups in total. The van der Waals surface area contributed by atoms with Gasteiger partial charge in [-0.1, -0.05) is 17.7 Å². The van der Waals surface area contributed by atoms with Gasteiger partial charge in [0.2, 0.25) is 5.91 Å². The van der Waals surface area contributed by atoms with E-state index in [1.54, 1.807) is 0 Å². The Morgan fingerprint density at radius 2 is 2.14 bits per heavy atom. The first-order valence-electron chi connectivity index (χ1n) is 5.11. The first-order chi connectivity index (χ1) is 6.70. The van der Waals surface area contributed by atoms with Gasteiger partial charge in [0, 0.05) is 5.69 Å². The number of rotatable bonds is 0.